The maximum Gasteiger partial charge on any atom is 0.123 e. The molecule has 0 aliphatic rings. The normalized spacial score (nSPS) is 12.5. The van der Waals surface area contributed by atoms with Crippen molar-refractivity contribution in [3.63, 3.8) is 0 Å². The molecule has 1 heterocycles. The van der Waals surface area contributed by atoms with Crippen LogP contribution in [0.2, 0.25) is 0 Å². The van der Waals surface area contributed by atoms with Crippen molar-refractivity contribution in [2.75, 3.05) is 26.8 Å². The van der Waals surface area contributed by atoms with Crippen LogP contribution in [0.4, 0.5) is 4.39 Å². The first-order valence-corrected chi connectivity index (χ1v) is 6.76. The Labute approximate surface area is 118 Å². The Morgan fingerprint density at radius 3 is 2.70 bits per heavy atom. The lowest BCUT2D eigenvalue weighted by Gasteiger charge is -2.17. The molecule has 0 saturated carbocycles. The van der Waals surface area contributed by atoms with Crippen LogP contribution < -0.4 is 5.32 Å². The van der Waals surface area contributed by atoms with E-state index in [-0.39, 0.29) is 11.7 Å². The minimum Gasteiger partial charge on any atom is -0.472 e. The Balaban J connectivity index is 2.00. The highest BCUT2D eigenvalue weighted by Gasteiger charge is 2.13. The van der Waals surface area contributed by atoms with Crippen LogP contribution in [0.1, 0.15) is 17.0 Å². The molecule has 0 spiro atoms. The molecular formula is C16H20FNO2. The summed E-state index contributed by atoms with van der Waals surface area (Å²) in [5.41, 5.74) is 2.27. The molecule has 0 radical (unpaired) electrons. The van der Waals surface area contributed by atoms with E-state index < -0.39 is 0 Å². The third-order valence-corrected chi connectivity index (χ3v) is 3.28. The van der Waals surface area contributed by atoms with Gasteiger partial charge in [-0.15, -0.1) is 0 Å². The average molecular weight is 277 g/mol. The Bertz CT molecular complexity index is 482. The number of nitrogens with one attached hydrogen (secondary N) is 1. The summed E-state index contributed by atoms with van der Waals surface area (Å²) in [4.78, 5) is 0. The van der Waals surface area contributed by atoms with Crippen LogP contribution in [-0.2, 0) is 11.2 Å². The molecule has 0 fully saturated rings. The second-order valence-electron chi connectivity index (χ2n) is 4.78. The van der Waals surface area contributed by atoms with Crippen molar-refractivity contribution in [1.82, 2.24) is 5.32 Å². The Kier molecular flexibility index (Phi) is 5.77. The van der Waals surface area contributed by atoms with E-state index in [1.807, 2.05) is 18.2 Å². The molecule has 0 amide bonds. The first kappa shape index (κ1) is 14.8. The lowest BCUT2D eigenvalue weighted by atomic mass is 9.93. The molecule has 20 heavy (non-hydrogen) atoms. The predicted octanol–water partition coefficient (Wildman–Crippen LogP) is 2.98. The summed E-state index contributed by atoms with van der Waals surface area (Å²) in [6.07, 6.45) is 4.29. The van der Waals surface area contributed by atoms with Gasteiger partial charge in [-0.1, -0.05) is 12.1 Å². The predicted molar refractivity (Wildman–Crippen MR) is 76.3 cm³/mol. The van der Waals surface area contributed by atoms with E-state index in [4.69, 9.17) is 9.15 Å². The highest BCUT2D eigenvalue weighted by Crippen LogP contribution is 2.21. The zero-order chi connectivity index (χ0) is 14.2. The number of halogens is 1. The molecule has 0 aliphatic carbocycles. The maximum absolute atomic E-state index is 13.0. The molecular weight excluding hydrogens is 257 g/mol. The van der Waals surface area contributed by atoms with Gasteiger partial charge in [-0.2, -0.15) is 0 Å². The first-order chi connectivity index (χ1) is 9.79. The fourth-order valence-electron chi connectivity index (χ4n) is 2.19. The third-order valence-electron chi connectivity index (χ3n) is 3.28. The molecule has 0 aliphatic heterocycles. The second-order valence-corrected chi connectivity index (χ2v) is 4.78. The zero-order valence-electron chi connectivity index (χ0n) is 11.6. The summed E-state index contributed by atoms with van der Waals surface area (Å²) in [7, 11) is 1.69. The minimum atomic E-state index is -0.205. The van der Waals surface area contributed by atoms with E-state index in [9.17, 15) is 4.39 Å². The Morgan fingerprint density at radius 1 is 1.25 bits per heavy atom. The number of ether oxygens (including phenoxy) is 1. The molecule has 1 N–H and O–H groups in total. The van der Waals surface area contributed by atoms with Gasteiger partial charge >= 0.3 is 0 Å². The first-order valence-electron chi connectivity index (χ1n) is 6.76. The van der Waals surface area contributed by atoms with Gasteiger partial charge in [0, 0.05) is 26.1 Å². The average Bonchev–Trinajstić information content (AvgIpc) is 2.96. The van der Waals surface area contributed by atoms with Gasteiger partial charge in [0.1, 0.15) is 5.82 Å². The van der Waals surface area contributed by atoms with Gasteiger partial charge in [-0.25, -0.2) is 4.39 Å². The fourth-order valence-corrected chi connectivity index (χ4v) is 2.19. The fraction of sp³-hybridized carbons (Fsp3) is 0.375. The van der Waals surface area contributed by atoms with Crippen LogP contribution >= 0.6 is 0 Å². The van der Waals surface area contributed by atoms with Crippen molar-refractivity contribution >= 4 is 0 Å². The van der Waals surface area contributed by atoms with Gasteiger partial charge in [0.25, 0.3) is 0 Å². The van der Waals surface area contributed by atoms with Crippen molar-refractivity contribution in [3.8, 4) is 0 Å². The number of hydrogen-bond donors (Lipinski definition) is 1. The van der Waals surface area contributed by atoms with Gasteiger partial charge < -0.3 is 14.5 Å². The lowest BCUT2D eigenvalue weighted by molar-refractivity contribution is 0.199. The van der Waals surface area contributed by atoms with Gasteiger partial charge in [0.15, 0.2) is 0 Å². The van der Waals surface area contributed by atoms with Crippen LogP contribution in [0.5, 0.6) is 0 Å². The summed E-state index contributed by atoms with van der Waals surface area (Å²) in [6.45, 7) is 2.31. The third kappa shape index (κ3) is 4.47. The number of benzene rings is 1. The van der Waals surface area contributed by atoms with E-state index in [1.165, 1.54) is 12.1 Å². The standard InChI is InChI=1S/C16H20FNO2/c1-19-9-7-18-11-15(10-13-6-8-20-12-13)14-2-4-16(17)5-3-14/h2-6,8,12,15,18H,7,9-11H2,1H3. The molecule has 3 nitrogen and oxygen atoms in total. The topological polar surface area (TPSA) is 34.4 Å². The van der Waals surface area contributed by atoms with Crippen LogP contribution in [0.15, 0.2) is 47.3 Å². The quantitative estimate of drug-likeness (QED) is 0.753. The van der Waals surface area contributed by atoms with E-state index in [2.05, 4.69) is 5.32 Å². The van der Waals surface area contributed by atoms with E-state index in [0.717, 1.165) is 30.6 Å². The van der Waals surface area contributed by atoms with Crippen LogP contribution in [0.3, 0.4) is 0 Å². The maximum atomic E-state index is 13.0. The van der Waals surface area contributed by atoms with Crippen molar-refractivity contribution in [1.29, 1.82) is 0 Å². The van der Waals surface area contributed by atoms with Gasteiger partial charge in [-0.3, -0.25) is 0 Å². The molecule has 2 aromatic rings. The summed E-state index contributed by atoms with van der Waals surface area (Å²) < 4.78 is 23.2. The van der Waals surface area contributed by atoms with Crippen molar-refractivity contribution in [2.45, 2.75) is 12.3 Å². The van der Waals surface area contributed by atoms with Crippen LogP contribution in [0.25, 0.3) is 0 Å². The summed E-state index contributed by atoms with van der Waals surface area (Å²) in [5, 5.41) is 3.36. The zero-order valence-corrected chi connectivity index (χ0v) is 11.6. The van der Waals surface area contributed by atoms with Crippen LogP contribution in [-0.4, -0.2) is 26.8 Å². The summed E-state index contributed by atoms with van der Waals surface area (Å²) in [6, 6.07) is 8.67. The summed E-state index contributed by atoms with van der Waals surface area (Å²) in [5.74, 6) is 0.0770. The van der Waals surface area contributed by atoms with Gasteiger partial charge in [0.2, 0.25) is 0 Å². The minimum absolute atomic E-state index is 0.205. The second kappa shape index (κ2) is 7.82. The molecule has 108 valence electrons. The number of rotatable bonds is 8. The van der Waals surface area contributed by atoms with E-state index in [0.29, 0.717) is 6.61 Å². The molecule has 0 saturated heterocycles. The molecule has 1 aromatic heterocycles. The molecule has 1 atom stereocenters. The number of methoxy groups -OCH3 is 1. The molecule has 1 unspecified atom stereocenters. The van der Waals surface area contributed by atoms with Crippen molar-refractivity contribution in [2.24, 2.45) is 0 Å². The highest BCUT2D eigenvalue weighted by molar-refractivity contribution is 5.23. The monoisotopic (exact) mass is 277 g/mol. The summed E-state index contributed by atoms with van der Waals surface area (Å²) >= 11 is 0. The van der Waals surface area contributed by atoms with Gasteiger partial charge in [0.05, 0.1) is 19.1 Å². The van der Waals surface area contributed by atoms with Crippen molar-refractivity contribution in [3.05, 3.63) is 59.8 Å². The Hall–Kier alpha value is -1.65. The molecule has 4 heteroatoms. The number of hydrogen-bond acceptors (Lipinski definition) is 3. The molecule has 0 bridgehead atoms. The molecule has 2 rings (SSSR count). The SMILES string of the molecule is COCCNCC(Cc1ccoc1)c1ccc(F)cc1. The lowest BCUT2D eigenvalue weighted by Crippen LogP contribution is -2.26. The van der Waals surface area contributed by atoms with Crippen LogP contribution in [0, 0.1) is 5.82 Å². The van der Waals surface area contributed by atoms with Gasteiger partial charge in [-0.05, 0) is 35.7 Å². The number of furan rings is 1. The van der Waals surface area contributed by atoms with Crippen molar-refractivity contribution < 1.29 is 13.5 Å². The van der Waals surface area contributed by atoms with E-state index in [1.54, 1.807) is 19.6 Å². The largest absolute Gasteiger partial charge is 0.472 e. The Morgan fingerprint density at radius 2 is 2.05 bits per heavy atom. The van der Waals surface area contributed by atoms with E-state index >= 15 is 0 Å². The highest BCUT2D eigenvalue weighted by atomic mass is 19.1. The smallest absolute Gasteiger partial charge is 0.123 e. The molecule has 1 aromatic carbocycles.